The van der Waals surface area contributed by atoms with Gasteiger partial charge in [-0.3, -0.25) is 0 Å². The number of phenolic OH excluding ortho intramolecular Hbond substituents is 1. The molecule has 0 aromatic heterocycles. The number of phenols is 1. The Morgan fingerprint density at radius 3 is 2.26 bits per heavy atom. The molecule has 1 aromatic carbocycles. The van der Waals surface area contributed by atoms with E-state index in [1.165, 1.54) is 14.2 Å². The molecule has 0 saturated carbocycles. The summed E-state index contributed by atoms with van der Waals surface area (Å²) in [5.74, 6) is 0.906. The third-order valence-electron chi connectivity index (χ3n) is 3.08. The molecule has 5 heteroatoms. The molecule has 1 rings (SSSR count). The van der Waals surface area contributed by atoms with Crippen molar-refractivity contribution in [2.75, 3.05) is 40.9 Å². The van der Waals surface area contributed by atoms with Gasteiger partial charge in [-0.1, -0.05) is 6.92 Å². The summed E-state index contributed by atoms with van der Waals surface area (Å²) in [7, 11) is 5.15. The van der Waals surface area contributed by atoms with Crippen molar-refractivity contribution in [3.63, 3.8) is 0 Å². The van der Waals surface area contributed by atoms with Crippen molar-refractivity contribution in [1.29, 1.82) is 0 Å². The summed E-state index contributed by atoms with van der Waals surface area (Å²) in [6.07, 6.45) is 0. The Morgan fingerprint density at radius 1 is 1.21 bits per heavy atom. The minimum atomic E-state index is 0.0412. The minimum Gasteiger partial charge on any atom is -0.502 e. The molecule has 5 nitrogen and oxygen atoms in total. The predicted molar refractivity (Wildman–Crippen MR) is 76.1 cm³/mol. The van der Waals surface area contributed by atoms with Crippen molar-refractivity contribution in [2.24, 2.45) is 0 Å². The second kappa shape index (κ2) is 7.86. The lowest BCUT2D eigenvalue weighted by molar-refractivity contribution is 0.338. The Labute approximate surface area is 115 Å². The number of nitrogens with zero attached hydrogens (tertiary/aromatic N) is 1. The van der Waals surface area contributed by atoms with Crippen LogP contribution in [0.5, 0.6) is 17.2 Å². The van der Waals surface area contributed by atoms with Gasteiger partial charge >= 0.3 is 0 Å². The molecule has 0 atom stereocenters. The normalized spacial score (nSPS) is 10.8. The molecule has 0 aliphatic carbocycles. The largest absolute Gasteiger partial charge is 0.502 e. The van der Waals surface area contributed by atoms with Crippen LogP contribution in [0.3, 0.4) is 0 Å². The van der Waals surface area contributed by atoms with Gasteiger partial charge in [-0.05, 0) is 31.3 Å². The molecule has 0 saturated heterocycles. The summed E-state index contributed by atoms with van der Waals surface area (Å²) in [6, 6.07) is 3.63. The van der Waals surface area contributed by atoms with Crippen LogP contribution < -0.4 is 14.8 Å². The number of rotatable bonds is 8. The highest BCUT2D eigenvalue weighted by Gasteiger charge is 2.10. The highest BCUT2D eigenvalue weighted by molar-refractivity contribution is 5.52. The van der Waals surface area contributed by atoms with Crippen LogP contribution in [0, 0.1) is 0 Å². The number of ether oxygens (including phenoxy) is 2. The molecule has 0 heterocycles. The fourth-order valence-electron chi connectivity index (χ4n) is 1.71. The first-order valence-corrected chi connectivity index (χ1v) is 6.45. The van der Waals surface area contributed by atoms with E-state index in [2.05, 4.69) is 24.2 Å². The molecule has 0 unspecified atom stereocenters. The first kappa shape index (κ1) is 15.6. The van der Waals surface area contributed by atoms with E-state index in [1.807, 2.05) is 12.1 Å². The zero-order chi connectivity index (χ0) is 14.3. The molecule has 1 aromatic rings. The number of hydrogen-bond donors (Lipinski definition) is 2. The number of methoxy groups -OCH3 is 2. The third-order valence-corrected chi connectivity index (χ3v) is 3.08. The molecule has 0 aliphatic rings. The zero-order valence-corrected chi connectivity index (χ0v) is 12.2. The number of aromatic hydroxyl groups is 1. The predicted octanol–water partition coefficient (Wildman–Crippen LogP) is 1.45. The van der Waals surface area contributed by atoms with Gasteiger partial charge in [0, 0.05) is 19.6 Å². The first-order valence-electron chi connectivity index (χ1n) is 6.45. The molecule has 0 aliphatic heterocycles. The lowest BCUT2D eigenvalue weighted by Gasteiger charge is -2.15. The monoisotopic (exact) mass is 268 g/mol. The number of nitrogens with one attached hydrogen (secondary N) is 1. The second-order valence-corrected chi connectivity index (χ2v) is 4.42. The summed E-state index contributed by atoms with van der Waals surface area (Å²) in [5.41, 5.74) is 1.02. The van der Waals surface area contributed by atoms with Crippen LogP contribution in [0.25, 0.3) is 0 Å². The van der Waals surface area contributed by atoms with E-state index in [1.54, 1.807) is 0 Å². The van der Waals surface area contributed by atoms with E-state index in [4.69, 9.17) is 9.47 Å². The standard InChI is InChI=1S/C14H24N2O3/c1-5-16(2)7-6-15-10-11-8-12(18-3)14(17)13(9-11)19-4/h8-9,15,17H,5-7,10H2,1-4H3. The second-order valence-electron chi connectivity index (χ2n) is 4.42. The molecule has 108 valence electrons. The van der Waals surface area contributed by atoms with Crippen molar-refractivity contribution < 1.29 is 14.6 Å². The summed E-state index contributed by atoms with van der Waals surface area (Å²) in [4.78, 5) is 2.24. The lowest BCUT2D eigenvalue weighted by Crippen LogP contribution is -2.28. The Bertz CT molecular complexity index is 371. The van der Waals surface area contributed by atoms with E-state index >= 15 is 0 Å². The van der Waals surface area contributed by atoms with E-state index in [-0.39, 0.29) is 5.75 Å². The first-order chi connectivity index (χ1) is 9.12. The summed E-state index contributed by atoms with van der Waals surface area (Å²) >= 11 is 0. The SMILES string of the molecule is CCN(C)CCNCc1cc(OC)c(O)c(OC)c1. The van der Waals surface area contributed by atoms with Gasteiger partial charge in [0.1, 0.15) is 0 Å². The maximum Gasteiger partial charge on any atom is 0.200 e. The smallest absolute Gasteiger partial charge is 0.200 e. The van der Waals surface area contributed by atoms with Crippen molar-refractivity contribution in [3.05, 3.63) is 17.7 Å². The van der Waals surface area contributed by atoms with Gasteiger partial charge in [0.05, 0.1) is 14.2 Å². The van der Waals surface area contributed by atoms with E-state index in [9.17, 15) is 5.11 Å². The van der Waals surface area contributed by atoms with Gasteiger partial charge in [0.2, 0.25) is 5.75 Å². The highest BCUT2D eigenvalue weighted by atomic mass is 16.5. The molecule has 0 spiro atoms. The Morgan fingerprint density at radius 2 is 1.79 bits per heavy atom. The average molecular weight is 268 g/mol. The van der Waals surface area contributed by atoms with Crippen molar-refractivity contribution in [1.82, 2.24) is 10.2 Å². The van der Waals surface area contributed by atoms with Gasteiger partial charge in [-0.2, -0.15) is 0 Å². The van der Waals surface area contributed by atoms with Crippen LogP contribution in [-0.2, 0) is 6.54 Å². The topological polar surface area (TPSA) is 54.0 Å². The molecule has 0 radical (unpaired) electrons. The Hall–Kier alpha value is -1.46. The number of likely N-dealkylation sites (N-methyl/N-ethyl adjacent to an activating group) is 1. The quantitative estimate of drug-likeness (QED) is 0.699. The van der Waals surface area contributed by atoms with Crippen LogP contribution >= 0.6 is 0 Å². The molecule has 0 amide bonds. The van der Waals surface area contributed by atoms with Crippen LogP contribution in [0.1, 0.15) is 12.5 Å². The fourth-order valence-corrected chi connectivity index (χ4v) is 1.71. The fraction of sp³-hybridized carbons (Fsp3) is 0.571. The van der Waals surface area contributed by atoms with Crippen molar-refractivity contribution >= 4 is 0 Å². The van der Waals surface area contributed by atoms with Gasteiger partial charge in [-0.25, -0.2) is 0 Å². The van der Waals surface area contributed by atoms with Crippen molar-refractivity contribution in [3.8, 4) is 17.2 Å². The molecular weight excluding hydrogens is 244 g/mol. The summed E-state index contributed by atoms with van der Waals surface area (Å²) in [5, 5.41) is 13.2. The third kappa shape index (κ3) is 4.61. The molecule has 0 fully saturated rings. The Kier molecular flexibility index (Phi) is 6.45. The van der Waals surface area contributed by atoms with Crippen LogP contribution in [0.4, 0.5) is 0 Å². The van der Waals surface area contributed by atoms with Gasteiger partial charge in [0.15, 0.2) is 11.5 Å². The summed E-state index contributed by atoms with van der Waals surface area (Å²) in [6.45, 7) is 5.81. The molecular formula is C14H24N2O3. The van der Waals surface area contributed by atoms with E-state index in [0.717, 1.165) is 25.2 Å². The lowest BCUT2D eigenvalue weighted by atomic mass is 10.2. The van der Waals surface area contributed by atoms with Crippen LogP contribution in [-0.4, -0.2) is 50.9 Å². The van der Waals surface area contributed by atoms with Gasteiger partial charge < -0.3 is 24.8 Å². The highest BCUT2D eigenvalue weighted by Crippen LogP contribution is 2.36. The molecule has 2 N–H and O–H groups in total. The Balaban J connectivity index is 2.58. The minimum absolute atomic E-state index is 0.0412. The number of benzene rings is 1. The van der Waals surface area contributed by atoms with Crippen LogP contribution in [0.2, 0.25) is 0 Å². The zero-order valence-electron chi connectivity index (χ0n) is 12.2. The average Bonchev–Trinajstić information content (AvgIpc) is 2.44. The van der Waals surface area contributed by atoms with E-state index < -0.39 is 0 Å². The number of hydrogen-bond acceptors (Lipinski definition) is 5. The van der Waals surface area contributed by atoms with Crippen molar-refractivity contribution in [2.45, 2.75) is 13.5 Å². The van der Waals surface area contributed by atoms with Gasteiger partial charge in [0.25, 0.3) is 0 Å². The van der Waals surface area contributed by atoms with Crippen LogP contribution in [0.15, 0.2) is 12.1 Å². The van der Waals surface area contributed by atoms with Gasteiger partial charge in [-0.15, -0.1) is 0 Å². The maximum absolute atomic E-state index is 9.81. The molecule has 19 heavy (non-hydrogen) atoms. The maximum atomic E-state index is 9.81. The van der Waals surface area contributed by atoms with E-state index in [0.29, 0.717) is 18.0 Å². The molecule has 0 bridgehead atoms. The summed E-state index contributed by atoms with van der Waals surface area (Å²) < 4.78 is 10.2.